The number of carbonyl (C=O) groups excluding carboxylic acids is 3. The van der Waals surface area contributed by atoms with Crippen molar-refractivity contribution in [2.75, 3.05) is 18.6 Å². The van der Waals surface area contributed by atoms with E-state index in [9.17, 15) is 34.5 Å². The zero-order valence-corrected chi connectivity index (χ0v) is 22.0. The molecule has 208 valence electrons. The molecule has 0 bridgehead atoms. The van der Waals surface area contributed by atoms with Gasteiger partial charge in [0.25, 0.3) is 0 Å². The average molecular weight is 542 g/mol. The summed E-state index contributed by atoms with van der Waals surface area (Å²) in [5.41, 5.74) is 11.8. The summed E-state index contributed by atoms with van der Waals surface area (Å²) >= 11 is 1.44. The molecule has 0 radical (unpaired) electrons. The Kier molecular flexibility index (Phi) is 14.6. The van der Waals surface area contributed by atoms with Gasteiger partial charge in [-0.3, -0.25) is 14.4 Å². The van der Waals surface area contributed by atoms with Gasteiger partial charge in [0.15, 0.2) is 0 Å². The molecule has 5 atom stereocenters. The molecule has 13 heteroatoms. The minimum Gasteiger partial charge on any atom is -0.508 e. The van der Waals surface area contributed by atoms with Crippen LogP contribution in [0, 0.1) is 0 Å². The molecule has 1 rings (SSSR count). The largest absolute Gasteiger partial charge is 0.508 e. The highest BCUT2D eigenvalue weighted by atomic mass is 32.2. The zero-order valence-electron chi connectivity index (χ0n) is 21.2. The van der Waals surface area contributed by atoms with Gasteiger partial charge in [0.05, 0.1) is 6.10 Å². The lowest BCUT2D eigenvalue weighted by molar-refractivity contribution is -0.142. The number of hydrogen-bond donors (Lipinski definition) is 8. The van der Waals surface area contributed by atoms with Crippen LogP contribution in [0.4, 0.5) is 0 Å². The van der Waals surface area contributed by atoms with Crippen LogP contribution in [-0.4, -0.2) is 87.8 Å². The van der Waals surface area contributed by atoms with Gasteiger partial charge >= 0.3 is 5.97 Å². The summed E-state index contributed by atoms with van der Waals surface area (Å²) in [7, 11) is 0. The van der Waals surface area contributed by atoms with Gasteiger partial charge in [0, 0.05) is 6.42 Å². The smallest absolute Gasteiger partial charge is 0.326 e. The van der Waals surface area contributed by atoms with Crippen molar-refractivity contribution in [2.24, 2.45) is 11.5 Å². The summed E-state index contributed by atoms with van der Waals surface area (Å²) in [6.07, 6.45) is 2.17. The predicted octanol–water partition coefficient (Wildman–Crippen LogP) is -0.936. The van der Waals surface area contributed by atoms with Gasteiger partial charge in [-0.2, -0.15) is 11.8 Å². The SMILES string of the molecule is CSCCC(NC(=O)C(Cc1ccc(O)cc1)NC(=O)C(CCCCN)NC(=O)C(N)C(C)O)C(=O)O. The quantitative estimate of drug-likeness (QED) is 0.113. The number of carboxylic acid groups (broad SMARTS) is 1. The van der Waals surface area contributed by atoms with Crippen molar-refractivity contribution in [2.45, 2.75) is 69.3 Å². The maximum atomic E-state index is 13.2. The third-order valence-corrected chi connectivity index (χ3v) is 6.28. The normalized spacial score (nSPS) is 15.1. The third-order valence-electron chi connectivity index (χ3n) is 5.64. The van der Waals surface area contributed by atoms with Crippen LogP contribution in [-0.2, 0) is 25.6 Å². The van der Waals surface area contributed by atoms with Crippen LogP contribution in [0.25, 0.3) is 0 Å². The molecule has 3 amide bonds. The van der Waals surface area contributed by atoms with Gasteiger partial charge in [-0.25, -0.2) is 4.79 Å². The fourth-order valence-corrected chi connectivity index (χ4v) is 3.83. The number of aromatic hydroxyl groups is 1. The first-order valence-corrected chi connectivity index (χ1v) is 13.4. The molecule has 12 nitrogen and oxygen atoms in total. The molecule has 37 heavy (non-hydrogen) atoms. The highest BCUT2D eigenvalue weighted by Crippen LogP contribution is 2.13. The number of hydrogen-bond acceptors (Lipinski definition) is 9. The number of aliphatic hydroxyl groups is 1. The van der Waals surface area contributed by atoms with E-state index in [0.29, 0.717) is 30.7 Å². The second kappa shape index (κ2) is 16.8. The molecule has 0 aliphatic rings. The van der Waals surface area contributed by atoms with E-state index >= 15 is 0 Å². The Balaban J connectivity index is 3.14. The van der Waals surface area contributed by atoms with Gasteiger partial charge in [-0.15, -0.1) is 0 Å². The van der Waals surface area contributed by atoms with Gasteiger partial charge in [-0.1, -0.05) is 12.1 Å². The third kappa shape index (κ3) is 11.8. The Morgan fingerprint density at radius 2 is 1.49 bits per heavy atom. The Hall–Kier alpha value is -2.87. The summed E-state index contributed by atoms with van der Waals surface area (Å²) in [5, 5.41) is 36.3. The van der Waals surface area contributed by atoms with Crippen molar-refractivity contribution < 1.29 is 34.5 Å². The second-order valence-corrected chi connectivity index (χ2v) is 9.71. The van der Waals surface area contributed by atoms with Crippen molar-refractivity contribution in [3.05, 3.63) is 29.8 Å². The molecule has 0 spiro atoms. The summed E-state index contributed by atoms with van der Waals surface area (Å²) in [5.74, 6) is -2.78. The van der Waals surface area contributed by atoms with E-state index in [4.69, 9.17) is 11.5 Å². The predicted molar refractivity (Wildman–Crippen MR) is 141 cm³/mol. The number of nitrogens with two attached hydrogens (primary N) is 2. The topological polar surface area (TPSA) is 217 Å². The van der Waals surface area contributed by atoms with E-state index < -0.39 is 54.0 Å². The molecule has 10 N–H and O–H groups in total. The highest BCUT2D eigenvalue weighted by Gasteiger charge is 2.31. The van der Waals surface area contributed by atoms with Crippen LogP contribution >= 0.6 is 11.8 Å². The number of phenolic OH excluding ortho intramolecular Hbond substituents is 1. The van der Waals surface area contributed by atoms with E-state index in [1.165, 1.54) is 30.8 Å². The molecule has 1 aromatic carbocycles. The van der Waals surface area contributed by atoms with Crippen molar-refractivity contribution in [3.63, 3.8) is 0 Å². The maximum Gasteiger partial charge on any atom is 0.326 e. The van der Waals surface area contributed by atoms with Gasteiger partial charge in [0.1, 0.15) is 29.9 Å². The summed E-state index contributed by atoms with van der Waals surface area (Å²) < 4.78 is 0. The molecule has 0 heterocycles. The van der Waals surface area contributed by atoms with Crippen LogP contribution in [0.15, 0.2) is 24.3 Å². The molecule has 0 fully saturated rings. The fraction of sp³-hybridized carbons (Fsp3) is 0.583. The highest BCUT2D eigenvalue weighted by molar-refractivity contribution is 7.98. The van der Waals surface area contributed by atoms with Crippen LogP contribution in [0.2, 0.25) is 0 Å². The van der Waals surface area contributed by atoms with E-state index in [1.807, 2.05) is 6.26 Å². The monoisotopic (exact) mass is 541 g/mol. The Morgan fingerprint density at radius 1 is 0.919 bits per heavy atom. The van der Waals surface area contributed by atoms with Crippen molar-refractivity contribution in [1.29, 1.82) is 0 Å². The van der Waals surface area contributed by atoms with E-state index in [2.05, 4.69) is 16.0 Å². The lowest BCUT2D eigenvalue weighted by Crippen LogP contribution is -2.58. The standard InChI is InChI=1S/C24H39N5O7S/c1-14(30)20(26)23(34)27-17(5-3-4-11-25)21(32)29-19(13-15-6-8-16(31)9-7-15)22(33)28-18(24(35)36)10-12-37-2/h6-9,14,17-20,30-31H,3-5,10-13,25-26H2,1-2H3,(H,27,34)(H,28,33)(H,29,32)(H,35,36). The Morgan fingerprint density at radius 3 is 2.03 bits per heavy atom. The number of unbranched alkanes of at least 4 members (excludes halogenated alkanes) is 1. The van der Waals surface area contributed by atoms with Crippen LogP contribution in [0.5, 0.6) is 5.75 Å². The van der Waals surface area contributed by atoms with Gasteiger partial charge in [0.2, 0.25) is 17.7 Å². The number of benzene rings is 1. The lowest BCUT2D eigenvalue weighted by atomic mass is 10.0. The summed E-state index contributed by atoms with van der Waals surface area (Å²) in [4.78, 5) is 50.4. The Labute approximate surface area is 220 Å². The Bertz CT molecular complexity index is 885. The second-order valence-electron chi connectivity index (χ2n) is 8.72. The number of aliphatic hydroxyl groups excluding tert-OH is 1. The number of carboxylic acids is 1. The number of aliphatic carboxylic acids is 1. The molecule has 0 aromatic heterocycles. The van der Waals surface area contributed by atoms with Crippen LogP contribution in [0.1, 0.15) is 38.2 Å². The molecular formula is C24H39N5O7S. The van der Waals surface area contributed by atoms with Crippen molar-refractivity contribution >= 4 is 35.5 Å². The number of amides is 3. The van der Waals surface area contributed by atoms with E-state index in [-0.39, 0.29) is 25.0 Å². The van der Waals surface area contributed by atoms with Crippen LogP contribution in [0.3, 0.4) is 0 Å². The molecule has 0 saturated heterocycles. The van der Waals surface area contributed by atoms with Crippen LogP contribution < -0.4 is 27.4 Å². The molecule has 5 unspecified atom stereocenters. The maximum absolute atomic E-state index is 13.2. The fourth-order valence-electron chi connectivity index (χ4n) is 3.36. The van der Waals surface area contributed by atoms with Crippen molar-refractivity contribution in [3.8, 4) is 5.75 Å². The zero-order chi connectivity index (χ0) is 28.0. The lowest BCUT2D eigenvalue weighted by Gasteiger charge is -2.26. The first-order valence-electron chi connectivity index (χ1n) is 12.0. The van der Waals surface area contributed by atoms with Crippen molar-refractivity contribution in [1.82, 2.24) is 16.0 Å². The number of phenols is 1. The number of nitrogens with one attached hydrogen (secondary N) is 3. The van der Waals surface area contributed by atoms with Gasteiger partial charge < -0.3 is 42.7 Å². The number of rotatable bonds is 17. The molecule has 0 saturated carbocycles. The molecule has 1 aromatic rings. The summed E-state index contributed by atoms with van der Waals surface area (Å²) in [6.45, 7) is 1.73. The summed E-state index contributed by atoms with van der Waals surface area (Å²) in [6, 6.07) is 1.37. The van der Waals surface area contributed by atoms with Gasteiger partial charge in [-0.05, 0) is 68.9 Å². The first-order chi connectivity index (χ1) is 17.5. The molecular weight excluding hydrogens is 502 g/mol. The van der Waals surface area contributed by atoms with E-state index in [0.717, 1.165) is 0 Å². The van der Waals surface area contributed by atoms with E-state index in [1.54, 1.807) is 12.1 Å². The first kappa shape index (κ1) is 32.2. The molecule has 0 aliphatic carbocycles. The average Bonchev–Trinajstić information content (AvgIpc) is 2.85. The molecule has 0 aliphatic heterocycles. The number of thioether (sulfide) groups is 1. The minimum atomic E-state index is -1.26. The number of carbonyl (C=O) groups is 4. The minimum absolute atomic E-state index is 0.00335.